The number of primary amides is 1. The Balaban J connectivity index is 2.68. The summed E-state index contributed by atoms with van der Waals surface area (Å²) < 4.78 is 0. The van der Waals surface area contributed by atoms with Gasteiger partial charge in [-0.25, -0.2) is 0 Å². The van der Waals surface area contributed by atoms with Crippen LogP contribution in [0.4, 0.5) is 0 Å². The number of hydrogen-bond donors (Lipinski definition) is 2. The summed E-state index contributed by atoms with van der Waals surface area (Å²) in [5.41, 5.74) is 5.56. The second kappa shape index (κ2) is 6.89. The van der Waals surface area contributed by atoms with Crippen molar-refractivity contribution in [2.75, 3.05) is 0 Å². The Morgan fingerprint density at radius 1 is 1.26 bits per heavy atom. The molecule has 0 saturated carbocycles. The van der Waals surface area contributed by atoms with Crippen LogP contribution in [0.1, 0.15) is 30.1 Å². The summed E-state index contributed by atoms with van der Waals surface area (Å²) in [6, 6.07) is 5.38. The molecule has 0 aliphatic carbocycles. The van der Waals surface area contributed by atoms with Crippen LogP contribution < -0.4 is 11.1 Å². The standard InChI is InChI=1S/C13H15ClN2O3/c1-8(17)2-7-11(12(15)18)16-13(19)9-3-5-10(14)6-4-9/h3-6,11H,2,7H2,1H3,(H2,15,18)(H,16,19)/t11-/m1/s1. The molecule has 6 heteroatoms. The molecule has 0 spiro atoms. The molecule has 0 aliphatic rings. The Hall–Kier alpha value is -1.88. The van der Waals surface area contributed by atoms with Crippen LogP contribution >= 0.6 is 11.6 Å². The van der Waals surface area contributed by atoms with Gasteiger partial charge >= 0.3 is 0 Å². The van der Waals surface area contributed by atoms with Crippen molar-refractivity contribution < 1.29 is 14.4 Å². The quantitative estimate of drug-likeness (QED) is 0.824. The number of carbonyl (C=O) groups excluding carboxylic acids is 3. The van der Waals surface area contributed by atoms with Crippen LogP contribution in [-0.4, -0.2) is 23.6 Å². The van der Waals surface area contributed by atoms with Gasteiger partial charge in [0.1, 0.15) is 11.8 Å². The van der Waals surface area contributed by atoms with E-state index in [2.05, 4.69) is 5.32 Å². The summed E-state index contributed by atoms with van der Waals surface area (Å²) in [5.74, 6) is -1.15. The second-order valence-electron chi connectivity index (χ2n) is 4.18. The zero-order valence-electron chi connectivity index (χ0n) is 10.5. The highest BCUT2D eigenvalue weighted by Gasteiger charge is 2.19. The van der Waals surface area contributed by atoms with Crippen LogP contribution in [0.2, 0.25) is 5.02 Å². The minimum absolute atomic E-state index is 0.0630. The van der Waals surface area contributed by atoms with Crippen molar-refractivity contribution in [3.63, 3.8) is 0 Å². The van der Waals surface area contributed by atoms with Crippen molar-refractivity contribution in [1.29, 1.82) is 0 Å². The highest BCUT2D eigenvalue weighted by Crippen LogP contribution is 2.10. The van der Waals surface area contributed by atoms with Gasteiger partial charge in [-0.2, -0.15) is 0 Å². The lowest BCUT2D eigenvalue weighted by Gasteiger charge is -2.14. The number of nitrogens with one attached hydrogen (secondary N) is 1. The highest BCUT2D eigenvalue weighted by molar-refractivity contribution is 6.30. The topological polar surface area (TPSA) is 89.3 Å². The van der Waals surface area contributed by atoms with Crippen molar-refractivity contribution >= 4 is 29.2 Å². The van der Waals surface area contributed by atoms with Gasteiger partial charge in [0.05, 0.1) is 0 Å². The maximum absolute atomic E-state index is 11.9. The van der Waals surface area contributed by atoms with Gasteiger partial charge in [-0.3, -0.25) is 9.59 Å². The highest BCUT2D eigenvalue weighted by atomic mass is 35.5. The van der Waals surface area contributed by atoms with Crippen molar-refractivity contribution in [3.05, 3.63) is 34.9 Å². The first-order valence-corrected chi connectivity index (χ1v) is 6.13. The number of benzene rings is 1. The molecule has 0 aromatic heterocycles. The predicted molar refractivity (Wildman–Crippen MR) is 71.8 cm³/mol. The molecule has 3 N–H and O–H groups in total. The molecular weight excluding hydrogens is 268 g/mol. The van der Waals surface area contributed by atoms with Crippen molar-refractivity contribution in [2.45, 2.75) is 25.8 Å². The number of halogens is 1. The molecule has 2 amide bonds. The van der Waals surface area contributed by atoms with Gasteiger partial charge in [-0.1, -0.05) is 11.6 Å². The molecule has 0 fully saturated rings. The number of amides is 2. The van der Waals surface area contributed by atoms with E-state index >= 15 is 0 Å². The SMILES string of the molecule is CC(=O)CC[C@@H](NC(=O)c1ccc(Cl)cc1)C(N)=O. The molecule has 19 heavy (non-hydrogen) atoms. The van der Waals surface area contributed by atoms with E-state index in [0.29, 0.717) is 10.6 Å². The molecule has 5 nitrogen and oxygen atoms in total. The smallest absolute Gasteiger partial charge is 0.251 e. The third-order valence-corrected chi connectivity index (χ3v) is 2.79. The first-order chi connectivity index (χ1) is 8.90. The average Bonchev–Trinajstić information content (AvgIpc) is 2.34. The first-order valence-electron chi connectivity index (χ1n) is 5.75. The Bertz CT molecular complexity index is 485. The lowest BCUT2D eigenvalue weighted by atomic mass is 10.1. The van der Waals surface area contributed by atoms with Gasteiger partial charge in [0.25, 0.3) is 5.91 Å². The van der Waals surface area contributed by atoms with Crippen LogP contribution in [0.3, 0.4) is 0 Å². The fourth-order valence-electron chi connectivity index (χ4n) is 1.48. The van der Waals surface area contributed by atoms with Crippen molar-refractivity contribution in [2.24, 2.45) is 5.73 Å². The summed E-state index contributed by atoms with van der Waals surface area (Å²) in [7, 11) is 0. The van der Waals surface area contributed by atoms with Crippen LogP contribution in [0.25, 0.3) is 0 Å². The Kier molecular flexibility index (Phi) is 5.51. The number of Topliss-reactive ketones (excluding diaryl/α,β-unsaturated/α-hetero) is 1. The third-order valence-electron chi connectivity index (χ3n) is 2.54. The van der Waals surface area contributed by atoms with E-state index in [9.17, 15) is 14.4 Å². The van der Waals surface area contributed by atoms with E-state index in [1.54, 1.807) is 24.3 Å². The molecule has 102 valence electrons. The summed E-state index contributed by atoms with van der Waals surface area (Å²) in [6.07, 6.45) is 0.387. The zero-order chi connectivity index (χ0) is 14.4. The number of rotatable bonds is 6. The fourth-order valence-corrected chi connectivity index (χ4v) is 1.60. The van der Waals surface area contributed by atoms with Crippen LogP contribution in [0.15, 0.2) is 24.3 Å². The maximum atomic E-state index is 11.9. The van der Waals surface area contributed by atoms with Crippen LogP contribution in [0.5, 0.6) is 0 Å². The summed E-state index contributed by atoms with van der Waals surface area (Å²) >= 11 is 5.71. The van der Waals surface area contributed by atoms with Crippen LogP contribution in [0, 0.1) is 0 Å². The molecule has 0 bridgehead atoms. The predicted octanol–water partition coefficient (Wildman–Crippen LogP) is 1.29. The second-order valence-corrected chi connectivity index (χ2v) is 4.61. The lowest BCUT2D eigenvalue weighted by Crippen LogP contribution is -2.44. The molecule has 1 aromatic carbocycles. The molecule has 1 atom stereocenters. The Morgan fingerprint density at radius 2 is 1.84 bits per heavy atom. The normalized spacial score (nSPS) is 11.7. The molecule has 0 heterocycles. The number of ketones is 1. The van der Waals surface area contributed by atoms with E-state index in [4.69, 9.17) is 17.3 Å². The van der Waals surface area contributed by atoms with E-state index in [1.165, 1.54) is 6.92 Å². The molecule has 1 aromatic rings. The fraction of sp³-hybridized carbons (Fsp3) is 0.308. The average molecular weight is 283 g/mol. The van der Waals surface area contributed by atoms with Gasteiger partial charge in [-0.15, -0.1) is 0 Å². The number of nitrogens with two attached hydrogens (primary N) is 1. The van der Waals surface area contributed by atoms with Gasteiger partial charge in [0, 0.05) is 17.0 Å². The molecule has 0 unspecified atom stereocenters. The van der Waals surface area contributed by atoms with Gasteiger partial charge < -0.3 is 15.8 Å². The molecular formula is C13H15ClN2O3. The van der Waals surface area contributed by atoms with Crippen LogP contribution in [-0.2, 0) is 9.59 Å². The number of carbonyl (C=O) groups is 3. The molecule has 1 rings (SSSR count). The largest absolute Gasteiger partial charge is 0.368 e. The van der Waals surface area contributed by atoms with Gasteiger partial charge in [-0.05, 0) is 37.6 Å². The van der Waals surface area contributed by atoms with Gasteiger partial charge in [0.15, 0.2) is 0 Å². The van der Waals surface area contributed by atoms with E-state index < -0.39 is 17.9 Å². The molecule has 0 radical (unpaired) electrons. The maximum Gasteiger partial charge on any atom is 0.251 e. The summed E-state index contributed by atoms with van der Waals surface area (Å²) in [5, 5.41) is 3.01. The molecule has 0 saturated heterocycles. The monoisotopic (exact) mass is 282 g/mol. The summed E-state index contributed by atoms with van der Waals surface area (Å²) in [4.78, 5) is 34.0. The van der Waals surface area contributed by atoms with Gasteiger partial charge in [0.2, 0.25) is 5.91 Å². The first kappa shape index (κ1) is 15.2. The summed E-state index contributed by atoms with van der Waals surface area (Å²) in [6.45, 7) is 1.42. The van der Waals surface area contributed by atoms with Crippen molar-refractivity contribution in [3.8, 4) is 0 Å². The Morgan fingerprint density at radius 3 is 2.32 bits per heavy atom. The van der Waals surface area contributed by atoms with Crippen molar-refractivity contribution in [1.82, 2.24) is 5.32 Å². The lowest BCUT2D eigenvalue weighted by molar-refractivity contribution is -0.120. The minimum Gasteiger partial charge on any atom is -0.368 e. The van der Waals surface area contributed by atoms with E-state index in [0.717, 1.165) is 0 Å². The number of hydrogen-bond acceptors (Lipinski definition) is 3. The van der Waals surface area contributed by atoms with E-state index in [-0.39, 0.29) is 18.6 Å². The zero-order valence-corrected chi connectivity index (χ0v) is 11.2. The third kappa shape index (κ3) is 5.09. The Labute approximate surface area is 116 Å². The van der Waals surface area contributed by atoms with E-state index in [1.807, 2.05) is 0 Å². The molecule has 0 aliphatic heterocycles. The minimum atomic E-state index is -0.855.